The lowest BCUT2D eigenvalue weighted by Gasteiger charge is -2.27. The lowest BCUT2D eigenvalue weighted by atomic mass is 9.88. The molecular weight excluding hydrogens is 302 g/mol. The number of rotatable bonds is 4. The highest BCUT2D eigenvalue weighted by molar-refractivity contribution is 9.10. The number of hydrogen-bond donors (Lipinski definition) is 1. The summed E-state index contributed by atoms with van der Waals surface area (Å²) in [6.07, 6.45) is 5.82. The van der Waals surface area contributed by atoms with Crippen molar-refractivity contribution in [2.24, 2.45) is 17.8 Å². The lowest BCUT2D eigenvalue weighted by molar-refractivity contribution is 0.213. The molecule has 3 unspecified atom stereocenters. The van der Waals surface area contributed by atoms with Gasteiger partial charge in [-0.25, -0.2) is 0 Å². The normalized spacial score (nSPS) is 29.3. The maximum absolute atomic E-state index is 10.0. The molecule has 2 fully saturated rings. The van der Waals surface area contributed by atoms with Crippen LogP contribution in [0.4, 0.5) is 0 Å². The van der Waals surface area contributed by atoms with Crippen molar-refractivity contribution in [3.63, 3.8) is 0 Å². The fraction of sp³-hybridized carbons (Fsp3) is 0.625. The summed E-state index contributed by atoms with van der Waals surface area (Å²) in [5.41, 5.74) is 1.01. The van der Waals surface area contributed by atoms with E-state index in [0.29, 0.717) is 5.75 Å². The van der Waals surface area contributed by atoms with E-state index in [9.17, 15) is 5.11 Å². The quantitative estimate of drug-likeness (QED) is 0.904. The molecule has 2 aliphatic rings. The van der Waals surface area contributed by atoms with Crippen molar-refractivity contribution >= 4 is 15.9 Å². The van der Waals surface area contributed by atoms with Gasteiger partial charge in [-0.1, -0.05) is 18.6 Å². The van der Waals surface area contributed by atoms with Crippen LogP contribution < -0.4 is 0 Å². The Morgan fingerprint density at radius 1 is 1.32 bits per heavy atom. The van der Waals surface area contributed by atoms with Crippen molar-refractivity contribution in [3.8, 4) is 5.75 Å². The van der Waals surface area contributed by atoms with Crippen LogP contribution in [0, 0.1) is 17.8 Å². The third kappa shape index (κ3) is 2.82. The summed E-state index contributed by atoms with van der Waals surface area (Å²) in [7, 11) is 2.17. The molecule has 0 aromatic heterocycles. The first kappa shape index (κ1) is 13.4. The Morgan fingerprint density at radius 2 is 2.16 bits per heavy atom. The van der Waals surface area contributed by atoms with E-state index < -0.39 is 0 Å². The molecule has 0 amide bonds. The molecule has 2 bridgehead atoms. The van der Waals surface area contributed by atoms with E-state index in [0.717, 1.165) is 34.3 Å². The van der Waals surface area contributed by atoms with E-state index in [1.54, 1.807) is 0 Å². The summed E-state index contributed by atoms with van der Waals surface area (Å²) >= 11 is 3.38. The monoisotopic (exact) mass is 323 g/mol. The first-order valence-electron chi connectivity index (χ1n) is 7.28. The van der Waals surface area contributed by atoms with E-state index in [4.69, 9.17) is 0 Å². The highest BCUT2D eigenvalue weighted by Gasteiger charge is 2.39. The zero-order chi connectivity index (χ0) is 13.4. The minimum Gasteiger partial charge on any atom is -0.506 e. The van der Waals surface area contributed by atoms with Gasteiger partial charge in [-0.15, -0.1) is 0 Å². The van der Waals surface area contributed by atoms with Gasteiger partial charge in [0.05, 0.1) is 4.47 Å². The van der Waals surface area contributed by atoms with Gasteiger partial charge in [0.25, 0.3) is 0 Å². The number of phenols is 1. The Kier molecular flexibility index (Phi) is 3.86. The van der Waals surface area contributed by atoms with E-state index in [1.807, 2.05) is 18.2 Å². The Bertz CT molecular complexity index is 462. The Balaban J connectivity index is 1.59. The van der Waals surface area contributed by atoms with Crippen molar-refractivity contribution in [3.05, 3.63) is 28.2 Å². The highest BCUT2D eigenvalue weighted by Crippen LogP contribution is 2.48. The molecule has 0 heterocycles. The van der Waals surface area contributed by atoms with Gasteiger partial charge in [0, 0.05) is 18.7 Å². The van der Waals surface area contributed by atoms with Crippen LogP contribution in [0.5, 0.6) is 5.75 Å². The number of benzene rings is 1. The lowest BCUT2D eigenvalue weighted by Crippen LogP contribution is -2.28. The molecule has 3 heteroatoms. The summed E-state index contributed by atoms with van der Waals surface area (Å²) < 4.78 is 0.790. The van der Waals surface area contributed by atoms with Gasteiger partial charge in [-0.2, -0.15) is 0 Å². The van der Waals surface area contributed by atoms with Crippen LogP contribution in [-0.2, 0) is 6.54 Å². The molecular formula is C16H22BrNO. The van der Waals surface area contributed by atoms with Crippen LogP contribution in [0.1, 0.15) is 31.2 Å². The first-order valence-corrected chi connectivity index (χ1v) is 8.07. The molecule has 1 aromatic carbocycles. The number of halogens is 1. The molecule has 0 saturated heterocycles. The van der Waals surface area contributed by atoms with Crippen LogP contribution >= 0.6 is 15.9 Å². The molecule has 3 atom stereocenters. The van der Waals surface area contributed by atoms with Gasteiger partial charge in [0.1, 0.15) is 5.75 Å². The predicted octanol–water partition coefficient (Wildman–Crippen LogP) is 4.02. The van der Waals surface area contributed by atoms with Crippen molar-refractivity contribution < 1.29 is 5.11 Å². The van der Waals surface area contributed by atoms with Crippen LogP contribution in [-0.4, -0.2) is 23.6 Å². The zero-order valence-corrected chi connectivity index (χ0v) is 13.1. The fourth-order valence-electron chi connectivity index (χ4n) is 4.04. The number of aromatic hydroxyl groups is 1. The average Bonchev–Trinajstić information content (AvgIpc) is 2.97. The smallest absolute Gasteiger partial charge is 0.134 e. The number of hydrogen-bond acceptors (Lipinski definition) is 2. The van der Waals surface area contributed by atoms with Crippen LogP contribution in [0.15, 0.2) is 22.7 Å². The third-order valence-electron chi connectivity index (χ3n) is 4.94. The molecule has 0 aliphatic heterocycles. The van der Waals surface area contributed by atoms with Gasteiger partial charge in [-0.05, 0) is 66.1 Å². The molecule has 0 spiro atoms. The van der Waals surface area contributed by atoms with Gasteiger partial charge in [0.2, 0.25) is 0 Å². The maximum atomic E-state index is 10.0. The van der Waals surface area contributed by atoms with Crippen LogP contribution in [0.2, 0.25) is 0 Å². The van der Waals surface area contributed by atoms with E-state index in [1.165, 1.54) is 32.2 Å². The van der Waals surface area contributed by atoms with Crippen LogP contribution in [0.25, 0.3) is 0 Å². The number of para-hydroxylation sites is 1. The van der Waals surface area contributed by atoms with Gasteiger partial charge in [-0.3, -0.25) is 0 Å². The van der Waals surface area contributed by atoms with Crippen molar-refractivity contribution in [2.45, 2.75) is 32.2 Å². The molecule has 2 aliphatic carbocycles. The average molecular weight is 324 g/mol. The summed E-state index contributed by atoms with van der Waals surface area (Å²) in [6, 6.07) is 5.89. The number of fused-ring (bicyclic) bond motifs is 2. The Hall–Kier alpha value is -0.540. The second-order valence-corrected chi connectivity index (χ2v) is 7.23. The molecule has 2 saturated carbocycles. The molecule has 19 heavy (non-hydrogen) atoms. The Labute approximate surface area is 123 Å². The summed E-state index contributed by atoms with van der Waals surface area (Å²) in [5, 5.41) is 10.0. The highest BCUT2D eigenvalue weighted by atomic mass is 79.9. The molecule has 3 rings (SSSR count). The summed E-state index contributed by atoms with van der Waals surface area (Å²) in [5.74, 6) is 3.27. The molecule has 2 nitrogen and oxygen atoms in total. The fourth-order valence-corrected chi connectivity index (χ4v) is 4.45. The van der Waals surface area contributed by atoms with E-state index in [2.05, 4.69) is 27.9 Å². The van der Waals surface area contributed by atoms with Crippen LogP contribution in [0.3, 0.4) is 0 Å². The molecule has 104 valence electrons. The predicted molar refractivity (Wildman–Crippen MR) is 81.1 cm³/mol. The minimum atomic E-state index is 0.391. The summed E-state index contributed by atoms with van der Waals surface area (Å²) in [6.45, 7) is 2.01. The Morgan fingerprint density at radius 3 is 2.84 bits per heavy atom. The molecule has 1 N–H and O–H groups in total. The second-order valence-electron chi connectivity index (χ2n) is 6.38. The van der Waals surface area contributed by atoms with Crippen molar-refractivity contribution in [2.75, 3.05) is 13.6 Å². The minimum absolute atomic E-state index is 0.391. The number of nitrogens with zero attached hydrogens (tertiary/aromatic N) is 1. The first-order chi connectivity index (χ1) is 9.13. The topological polar surface area (TPSA) is 23.5 Å². The largest absolute Gasteiger partial charge is 0.506 e. The second kappa shape index (κ2) is 5.45. The van der Waals surface area contributed by atoms with Gasteiger partial charge < -0.3 is 10.0 Å². The number of phenolic OH excluding ortho intramolecular Hbond substituents is 1. The van der Waals surface area contributed by atoms with E-state index in [-0.39, 0.29) is 0 Å². The van der Waals surface area contributed by atoms with Crippen molar-refractivity contribution in [1.29, 1.82) is 0 Å². The summed E-state index contributed by atoms with van der Waals surface area (Å²) in [4.78, 5) is 2.37. The molecule has 0 radical (unpaired) electrons. The van der Waals surface area contributed by atoms with Gasteiger partial charge in [0.15, 0.2) is 0 Å². The SMILES string of the molecule is CN(Cc1cccc(Br)c1O)CC1CC2CCC1C2. The standard InChI is InChI=1S/C16H22BrNO/c1-18(9-13-3-2-4-15(17)16(13)19)10-14-8-11-5-6-12(14)7-11/h2-4,11-12,14,19H,5-10H2,1H3. The third-order valence-corrected chi connectivity index (χ3v) is 5.58. The van der Waals surface area contributed by atoms with Crippen molar-refractivity contribution in [1.82, 2.24) is 4.90 Å². The molecule has 1 aromatic rings. The van der Waals surface area contributed by atoms with Gasteiger partial charge >= 0.3 is 0 Å². The van der Waals surface area contributed by atoms with E-state index >= 15 is 0 Å². The zero-order valence-electron chi connectivity index (χ0n) is 11.5. The maximum Gasteiger partial charge on any atom is 0.134 e.